The van der Waals surface area contributed by atoms with E-state index < -0.39 is 21.8 Å². The van der Waals surface area contributed by atoms with E-state index in [0.717, 1.165) is 31.5 Å². The summed E-state index contributed by atoms with van der Waals surface area (Å²) in [7, 11) is -0.0104. The van der Waals surface area contributed by atoms with Gasteiger partial charge in [0.05, 0.1) is 37.7 Å². The van der Waals surface area contributed by atoms with Gasteiger partial charge in [-0.15, -0.1) is 0 Å². The standard InChI is InChI=1S/C23H33N3O6S/c1-31-20-6-5-16(11-21(20)32-2)7-10-26-13-17(12-22(26)27)23(28)24-18-14-33(29,30)15-19(18)25-8-3-4-9-25/h5-6,11,17-19H,3-4,7-10,12-15H2,1-2H3,(H,24,28). The first-order valence-electron chi connectivity index (χ1n) is 11.5. The van der Waals surface area contributed by atoms with Crippen molar-refractivity contribution in [1.82, 2.24) is 15.1 Å². The number of ether oxygens (including phenoxy) is 2. The first kappa shape index (κ1) is 23.8. The van der Waals surface area contributed by atoms with Gasteiger partial charge in [0.2, 0.25) is 11.8 Å². The highest BCUT2D eigenvalue weighted by Crippen LogP contribution is 2.28. The van der Waals surface area contributed by atoms with Crippen LogP contribution in [-0.2, 0) is 25.8 Å². The molecule has 0 saturated carbocycles. The van der Waals surface area contributed by atoms with Gasteiger partial charge in [-0.2, -0.15) is 0 Å². The van der Waals surface area contributed by atoms with Crippen LogP contribution in [0.15, 0.2) is 18.2 Å². The summed E-state index contributed by atoms with van der Waals surface area (Å²) in [6.45, 7) is 2.61. The summed E-state index contributed by atoms with van der Waals surface area (Å²) in [5.41, 5.74) is 1.01. The number of hydrogen-bond acceptors (Lipinski definition) is 7. The third-order valence-corrected chi connectivity index (χ3v) is 8.68. The van der Waals surface area contributed by atoms with E-state index >= 15 is 0 Å². The molecule has 182 valence electrons. The van der Waals surface area contributed by atoms with Gasteiger partial charge in [0.1, 0.15) is 0 Å². The van der Waals surface area contributed by atoms with Crippen molar-refractivity contribution in [3.05, 3.63) is 23.8 Å². The summed E-state index contributed by atoms with van der Waals surface area (Å²) in [6.07, 6.45) is 2.91. The molecule has 3 aliphatic heterocycles. The molecule has 1 aromatic carbocycles. The van der Waals surface area contributed by atoms with Crippen LogP contribution in [-0.4, -0.2) is 94.0 Å². The summed E-state index contributed by atoms with van der Waals surface area (Å²) < 4.78 is 35.1. The zero-order chi connectivity index (χ0) is 23.6. The summed E-state index contributed by atoms with van der Waals surface area (Å²) in [6, 6.07) is 5.09. The number of likely N-dealkylation sites (tertiary alicyclic amines) is 2. The van der Waals surface area contributed by atoms with Crippen molar-refractivity contribution in [3.8, 4) is 11.5 Å². The molecule has 0 aromatic heterocycles. The second kappa shape index (κ2) is 9.89. The molecular weight excluding hydrogens is 446 g/mol. The summed E-state index contributed by atoms with van der Waals surface area (Å²) >= 11 is 0. The Hall–Kier alpha value is -2.33. The highest BCUT2D eigenvalue weighted by atomic mass is 32.2. The molecule has 3 fully saturated rings. The lowest BCUT2D eigenvalue weighted by Crippen LogP contribution is -2.51. The van der Waals surface area contributed by atoms with E-state index in [-0.39, 0.29) is 35.8 Å². The monoisotopic (exact) mass is 479 g/mol. The van der Waals surface area contributed by atoms with Crippen LogP contribution in [0.2, 0.25) is 0 Å². The average Bonchev–Trinajstić information content (AvgIpc) is 3.51. The Morgan fingerprint density at radius 2 is 1.85 bits per heavy atom. The molecule has 9 nitrogen and oxygen atoms in total. The van der Waals surface area contributed by atoms with E-state index in [4.69, 9.17) is 9.47 Å². The fourth-order valence-electron chi connectivity index (χ4n) is 5.16. The summed E-state index contributed by atoms with van der Waals surface area (Å²) in [5, 5.41) is 2.98. The van der Waals surface area contributed by atoms with Crippen LogP contribution >= 0.6 is 0 Å². The van der Waals surface area contributed by atoms with E-state index in [0.29, 0.717) is 31.0 Å². The topological polar surface area (TPSA) is 105 Å². The number of benzene rings is 1. The van der Waals surface area contributed by atoms with Crippen molar-refractivity contribution in [2.75, 3.05) is 51.9 Å². The molecular formula is C23H33N3O6S. The van der Waals surface area contributed by atoms with Crippen molar-refractivity contribution in [2.24, 2.45) is 5.92 Å². The molecule has 3 unspecified atom stereocenters. The third kappa shape index (κ3) is 5.43. The molecule has 10 heteroatoms. The number of nitrogens with zero attached hydrogens (tertiary/aromatic N) is 2. The van der Waals surface area contributed by atoms with Gasteiger partial charge in [-0.1, -0.05) is 6.07 Å². The number of methoxy groups -OCH3 is 2. The molecule has 1 N–H and O–H groups in total. The van der Waals surface area contributed by atoms with E-state index in [1.165, 1.54) is 0 Å². The highest BCUT2D eigenvalue weighted by molar-refractivity contribution is 7.91. The predicted molar refractivity (Wildman–Crippen MR) is 123 cm³/mol. The van der Waals surface area contributed by atoms with Crippen LogP contribution in [0.4, 0.5) is 0 Å². The van der Waals surface area contributed by atoms with Crippen molar-refractivity contribution < 1.29 is 27.5 Å². The van der Waals surface area contributed by atoms with Crippen LogP contribution in [0.5, 0.6) is 11.5 Å². The molecule has 3 heterocycles. The lowest BCUT2D eigenvalue weighted by atomic mass is 10.1. The molecule has 2 amide bonds. The maximum Gasteiger partial charge on any atom is 0.225 e. The minimum atomic E-state index is -3.18. The van der Waals surface area contributed by atoms with Gasteiger partial charge in [-0.3, -0.25) is 14.5 Å². The Labute approximate surface area is 195 Å². The van der Waals surface area contributed by atoms with Crippen molar-refractivity contribution in [3.63, 3.8) is 0 Å². The maximum absolute atomic E-state index is 13.0. The van der Waals surface area contributed by atoms with Crippen LogP contribution < -0.4 is 14.8 Å². The number of sulfone groups is 1. The van der Waals surface area contributed by atoms with E-state index in [1.54, 1.807) is 19.1 Å². The van der Waals surface area contributed by atoms with Crippen LogP contribution in [0.1, 0.15) is 24.8 Å². The molecule has 0 bridgehead atoms. The lowest BCUT2D eigenvalue weighted by molar-refractivity contribution is -0.129. The molecule has 33 heavy (non-hydrogen) atoms. The Morgan fingerprint density at radius 3 is 2.55 bits per heavy atom. The SMILES string of the molecule is COc1ccc(CCN2CC(C(=O)NC3CS(=O)(=O)CC3N3CCCC3)CC2=O)cc1OC. The maximum atomic E-state index is 13.0. The molecule has 0 aliphatic carbocycles. The minimum Gasteiger partial charge on any atom is -0.493 e. The van der Waals surface area contributed by atoms with Gasteiger partial charge in [0.25, 0.3) is 0 Å². The Balaban J connectivity index is 1.33. The fourth-order valence-corrected chi connectivity index (χ4v) is 7.12. The Bertz CT molecular complexity index is 992. The first-order valence-corrected chi connectivity index (χ1v) is 13.4. The van der Waals surface area contributed by atoms with Gasteiger partial charge < -0.3 is 19.7 Å². The summed E-state index contributed by atoms with van der Waals surface area (Å²) in [4.78, 5) is 29.4. The average molecular weight is 480 g/mol. The van der Waals surface area contributed by atoms with Gasteiger partial charge in [-0.25, -0.2) is 8.42 Å². The van der Waals surface area contributed by atoms with Gasteiger partial charge >= 0.3 is 0 Å². The first-order chi connectivity index (χ1) is 15.8. The highest BCUT2D eigenvalue weighted by Gasteiger charge is 2.44. The quantitative estimate of drug-likeness (QED) is 0.578. The lowest BCUT2D eigenvalue weighted by Gasteiger charge is -2.29. The van der Waals surface area contributed by atoms with Crippen molar-refractivity contribution >= 4 is 21.7 Å². The van der Waals surface area contributed by atoms with Crippen molar-refractivity contribution in [1.29, 1.82) is 0 Å². The molecule has 1 aromatic rings. The molecule has 3 aliphatic rings. The predicted octanol–water partition coefficient (Wildman–Crippen LogP) is 0.472. The number of nitrogens with one attached hydrogen (secondary N) is 1. The number of carbonyl (C=O) groups excluding carboxylic acids is 2. The second-order valence-corrected chi connectivity index (χ2v) is 11.3. The zero-order valence-corrected chi connectivity index (χ0v) is 20.1. The zero-order valence-electron chi connectivity index (χ0n) is 19.3. The third-order valence-electron chi connectivity index (χ3n) is 6.96. The molecule has 0 radical (unpaired) electrons. The number of rotatable bonds is 8. The number of carbonyl (C=O) groups is 2. The van der Waals surface area contributed by atoms with E-state index in [2.05, 4.69) is 10.2 Å². The van der Waals surface area contributed by atoms with E-state index in [9.17, 15) is 18.0 Å². The Kier molecular flexibility index (Phi) is 7.13. The number of hydrogen-bond donors (Lipinski definition) is 1. The van der Waals surface area contributed by atoms with E-state index in [1.807, 2.05) is 18.2 Å². The van der Waals surface area contributed by atoms with Gasteiger partial charge in [0.15, 0.2) is 21.3 Å². The fraction of sp³-hybridized carbons (Fsp3) is 0.652. The van der Waals surface area contributed by atoms with Gasteiger partial charge in [0, 0.05) is 25.6 Å². The normalized spacial score (nSPS) is 27.2. The number of amides is 2. The molecule has 3 saturated heterocycles. The largest absolute Gasteiger partial charge is 0.493 e. The second-order valence-electron chi connectivity index (χ2n) is 9.18. The van der Waals surface area contributed by atoms with Crippen LogP contribution in [0, 0.1) is 5.92 Å². The molecule has 0 spiro atoms. The molecule has 3 atom stereocenters. The van der Waals surface area contributed by atoms with Crippen LogP contribution in [0.3, 0.4) is 0 Å². The smallest absolute Gasteiger partial charge is 0.225 e. The van der Waals surface area contributed by atoms with Gasteiger partial charge in [-0.05, 0) is 50.0 Å². The van der Waals surface area contributed by atoms with Crippen LogP contribution in [0.25, 0.3) is 0 Å². The summed E-state index contributed by atoms with van der Waals surface area (Å²) in [5.74, 6) is 0.637. The minimum absolute atomic E-state index is 0.0242. The van der Waals surface area contributed by atoms with Crippen molar-refractivity contribution in [2.45, 2.75) is 37.8 Å². The Morgan fingerprint density at radius 1 is 1.12 bits per heavy atom. The molecule has 4 rings (SSSR count).